The van der Waals surface area contributed by atoms with Gasteiger partial charge in [-0.25, -0.2) is 4.79 Å². The second kappa shape index (κ2) is 7.28. The lowest BCUT2D eigenvalue weighted by Crippen LogP contribution is -2.31. The van der Waals surface area contributed by atoms with E-state index in [9.17, 15) is 4.79 Å². The molecule has 2 rings (SSSR count). The van der Waals surface area contributed by atoms with Gasteiger partial charge in [0.25, 0.3) is 0 Å². The fourth-order valence-electron chi connectivity index (χ4n) is 1.94. The monoisotopic (exact) mass is 285 g/mol. The van der Waals surface area contributed by atoms with Gasteiger partial charge >= 0.3 is 6.03 Å². The zero-order chi connectivity index (χ0) is 15.1. The summed E-state index contributed by atoms with van der Waals surface area (Å²) in [5.74, 6) is 0.659. The summed E-state index contributed by atoms with van der Waals surface area (Å²) in [5, 5.41) is 5.69. The number of pyridine rings is 1. The van der Waals surface area contributed by atoms with Gasteiger partial charge in [0.2, 0.25) is 0 Å². The smallest absolute Gasteiger partial charge is 0.319 e. The third kappa shape index (κ3) is 4.21. The average molecular weight is 285 g/mol. The normalized spacial score (nSPS) is 11.5. The predicted molar refractivity (Wildman–Crippen MR) is 82.4 cm³/mol. The molecule has 110 valence electrons. The zero-order valence-corrected chi connectivity index (χ0v) is 12.2. The molecule has 0 saturated carbocycles. The molecule has 21 heavy (non-hydrogen) atoms. The number of benzene rings is 1. The van der Waals surface area contributed by atoms with Crippen molar-refractivity contribution in [2.75, 3.05) is 11.9 Å². The number of hydrogen-bond acceptors (Lipinski definition) is 3. The summed E-state index contributed by atoms with van der Waals surface area (Å²) in [5.41, 5.74) is 1.65. The van der Waals surface area contributed by atoms with Crippen LogP contribution in [0.3, 0.4) is 0 Å². The van der Waals surface area contributed by atoms with Gasteiger partial charge < -0.3 is 15.4 Å². The Balaban J connectivity index is 1.99. The maximum atomic E-state index is 12.1. The highest BCUT2D eigenvalue weighted by Gasteiger charge is 2.11. The number of rotatable bonds is 5. The molecular weight excluding hydrogens is 266 g/mol. The van der Waals surface area contributed by atoms with Gasteiger partial charge in [-0.1, -0.05) is 12.1 Å². The molecular formula is C16H19N3O2. The van der Waals surface area contributed by atoms with Gasteiger partial charge in [0, 0.05) is 12.4 Å². The lowest BCUT2D eigenvalue weighted by atomic mass is 10.1. The minimum atomic E-state index is -0.272. The Morgan fingerprint density at radius 1 is 1.24 bits per heavy atom. The van der Waals surface area contributed by atoms with Crippen LogP contribution in [0.4, 0.5) is 10.5 Å². The Labute approximate surface area is 124 Å². The summed E-state index contributed by atoms with van der Waals surface area (Å²) >= 11 is 0. The Bertz CT molecular complexity index is 587. The van der Waals surface area contributed by atoms with Crippen LogP contribution in [0.5, 0.6) is 5.75 Å². The van der Waals surface area contributed by atoms with E-state index < -0.39 is 0 Å². The second-order valence-corrected chi connectivity index (χ2v) is 4.53. The Morgan fingerprint density at radius 3 is 2.67 bits per heavy atom. The molecule has 0 bridgehead atoms. The van der Waals surface area contributed by atoms with Gasteiger partial charge in [0.05, 0.1) is 18.3 Å². The average Bonchev–Trinajstić information content (AvgIpc) is 2.50. The fourth-order valence-corrected chi connectivity index (χ4v) is 1.94. The Kier molecular flexibility index (Phi) is 5.15. The van der Waals surface area contributed by atoms with E-state index in [2.05, 4.69) is 15.6 Å². The summed E-state index contributed by atoms with van der Waals surface area (Å²) in [6.45, 7) is 4.37. The highest BCUT2D eigenvalue weighted by molar-refractivity contribution is 5.91. The summed E-state index contributed by atoms with van der Waals surface area (Å²) in [4.78, 5) is 16.0. The number of amides is 2. The summed E-state index contributed by atoms with van der Waals surface area (Å²) in [6.07, 6.45) is 3.41. The van der Waals surface area contributed by atoms with Gasteiger partial charge in [0.15, 0.2) is 0 Å². The largest absolute Gasteiger partial charge is 0.492 e. The number of ether oxygens (including phenoxy) is 1. The number of aromatic nitrogens is 1. The first-order valence-corrected chi connectivity index (χ1v) is 6.90. The Hall–Kier alpha value is -2.56. The first kappa shape index (κ1) is 14.8. The molecule has 0 unspecified atom stereocenters. The third-order valence-corrected chi connectivity index (χ3v) is 2.99. The molecule has 0 aliphatic rings. The Morgan fingerprint density at radius 2 is 1.95 bits per heavy atom. The topological polar surface area (TPSA) is 63.2 Å². The number of carbonyl (C=O) groups excluding carboxylic acids is 1. The van der Waals surface area contributed by atoms with Crippen molar-refractivity contribution in [2.24, 2.45) is 0 Å². The van der Waals surface area contributed by atoms with Crippen molar-refractivity contribution in [1.82, 2.24) is 10.3 Å². The van der Waals surface area contributed by atoms with Crippen molar-refractivity contribution in [3.63, 3.8) is 0 Å². The van der Waals surface area contributed by atoms with Crippen LogP contribution >= 0.6 is 0 Å². The standard InChI is InChI=1S/C16H19N3O2/c1-3-21-15-7-5-4-6-14(15)19-16(20)18-12(2)13-8-10-17-11-9-13/h4-12H,3H2,1-2H3,(H2,18,19,20)/t12-/m1/s1. The van der Waals surface area contributed by atoms with E-state index in [-0.39, 0.29) is 12.1 Å². The predicted octanol–water partition coefficient (Wildman–Crippen LogP) is 3.36. The highest BCUT2D eigenvalue weighted by Crippen LogP contribution is 2.23. The molecule has 0 spiro atoms. The molecule has 0 radical (unpaired) electrons. The molecule has 0 saturated heterocycles. The number of para-hydroxylation sites is 2. The second-order valence-electron chi connectivity index (χ2n) is 4.53. The fraction of sp³-hybridized carbons (Fsp3) is 0.250. The van der Waals surface area contributed by atoms with Crippen LogP contribution in [-0.4, -0.2) is 17.6 Å². The maximum absolute atomic E-state index is 12.1. The maximum Gasteiger partial charge on any atom is 0.319 e. The zero-order valence-electron chi connectivity index (χ0n) is 12.2. The van der Waals surface area contributed by atoms with Crippen LogP contribution in [0.25, 0.3) is 0 Å². The van der Waals surface area contributed by atoms with E-state index in [1.54, 1.807) is 12.4 Å². The van der Waals surface area contributed by atoms with E-state index in [4.69, 9.17) is 4.74 Å². The van der Waals surface area contributed by atoms with Crippen molar-refractivity contribution >= 4 is 11.7 Å². The van der Waals surface area contributed by atoms with E-state index in [1.807, 2.05) is 50.2 Å². The molecule has 2 amide bonds. The molecule has 0 aliphatic carbocycles. The number of carbonyl (C=O) groups is 1. The molecule has 2 N–H and O–H groups in total. The van der Waals surface area contributed by atoms with Gasteiger partial charge in [-0.3, -0.25) is 4.98 Å². The van der Waals surface area contributed by atoms with E-state index in [1.165, 1.54) is 0 Å². The summed E-state index contributed by atoms with van der Waals surface area (Å²) in [7, 11) is 0. The van der Waals surface area contributed by atoms with Crippen molar-refractivity contribution in [1.29, 1.82) is 0 Å². The van der Waals surface area contributed by atoms with E-state index in [0.29, 0.717) is 18.0 Å². The lowest BCUT2D eigenvalue weighted by molar-refractivity contribution is 0.249. The SMILES string of the molecule is CCOc1ccccc1NC(=O)N[C@H](C)c1ccncc1. The van der Waals surface area contributed by atoms with Crippen LogP contribution in [0, 0.1) is 0 Å². The molecule has 0 aliphatic heterocycles. The number of urea groups is 1. The summed E-state index contributed by atoms with van der Waals surface area (Å²) < 4.78 is 5.48. The number of nitrogens with one attached hydrogen (secondary N) is 2. The lowest BCUT2D eigenvalue weighted by Gasteiger charge is -2.16. The molecule has 1 aromatic heterocycles. The first-order valence-electron chi connectivity index (χ1n) is 6.90. The van der Waals surface area contributed by atoms with Crippen molar-refractivity contribution in [2.45, 2.75) is 19.9 Å². The van der Waals surface area contributed by atoms with Gasteiger partial charge in [-0.15, -0.1) is 0 Å². The molecule has 5 nitrogen and oxygen atoms in total. The third-order valence-electron chi connectivity index (χ3n) is 2.99. The summed E-state index contributed by atoms with van der Waals surface area (Å²) in [6, 6.07) is 10.7. The molecule has 1 aromatic carbocycles. The first-order chi connectivity index (χ1) is 10.2. The number of nitrogens with zero attached hydrogens (tertiary/aromatic N) is 1. The molecule has 0 fully saturated rings. The van der Waals surface area contributed by atoms with Crippen LogP contribution in [0.1, 0.15) is 25.5 Å². The van der Waals surface area contributed by atoms with Gasteiger partial charge in [-0.05, 0) is 43.7 Å². The van der Waals surface area contributed by atoms with E-state index in [0.717, 1.165) is 5.56 Å². The molecule has 5 heteroatoms. The molecule has 1 atom stereocenters. The van der Waals surface area contributed by atoms with E-state index >= 15 is 0 Å². The highest BCUT2D eigenvalue weighted by atomic mass is 16.5. The number of anilines is 1. The quantitative estimate of drug-likeness (QED) is 0.885. The van der Waals surface area contributed by atoms with Crippen molar-refractivity contribution in [3.8, 4) is 5.75 Å². The van der Waals surface area contributed by atoms with Crippen LogP contribution in [-0.2, 0) is 0 Å². The van der Waals surface area contributed by atoms with Crippen molar-refractivity contribution < 1.29 is 9.53 Å². The van der Waals surface area contributed by atoms with Gasteiger partial charge in [-0.2, -0.15) is 0 Å². The van der Waals surface area contributed by atoms with Crippen LogP contribution < -0.4 is 15.4 Å². The van der Waals surface area contributed by atoms with Crippen molar-refractivity contribution in [3.05, 3.63) is 54.4 Å². The number of hydrogen-bond donors (Lipinski definition) is 2. The molecule has 2 aromatic rings. The van der Waals surface area contributed by atoms with Gasteiger partial charge in [0.1, 0.15) is 5.75 Å². The van der Waals surface area contributed by atoms with Crippen LogP contribution in [0.2, 0.25) is 0 Å². The van der Waals surface area contributed by atoms with Crippen LogP contribution in [0.15, 0.2) is 48.8 Å². The minimum absolute atomic E-state index is 0.104. The molecule has 1 heterocycles. The minimum Gasteiger partial charge on any atom is -0.492 e.